The molecule has 0 unspecified atom stereocenters. The van der Waals surface area contributed by atoms with Crippen LogP contribution in [0.5, 0.6) is 0 Å². The fourth-order valence-corrected chi connectivity index (χ4v) is 1.93. The number of amides is 1. The Bertz CT molecular complexity index is 201. The highest BCUT2D eigenvalue weighted by Crippen LogP contribution is 2.14. The molecule has 0 bridgehead atoms. The lowest BCUT2D eigenvalue weighted by molar-refractivity contribution is -0.132. The third kappa shape index (κ3) is 6.79. The molecule has 0 aliphatic heterocycles. The Balaban J connectivity index is 4.08. The molecule has 1 atom stereocenters. The number of nitrogens with two attached hydrogens (primary N) is 1. The van der Waals surface area contributed by atoms with Crippen molar-refractivity contribution in [2.24, 2.45) is 11.1 Å². The standard InChI is InChI=1S/C11H24N2OS/c1-11(2,3)8-13(4)10(14)9(12)6-7-15-5/h9H,6-8,12H2,1-5H3/t9-/m0/s1. The summed E-state index contributed by atoms with van der Waals surface area (Å²) in [5, 5.41) is 0. The van der Waals surface area contributed by atoms with Crippen molar-refractivity contribution >= 4 is 17.7 Å². The van der Waals surface area contributed by atoms with Crippen molar-refractivity contribution in [1.82, 2.24) is 4.90 Å². The number of carbonyl (C=O) groups is 1. The average molecular weight is 232 g/mol. The smallest absolute Gasteiger partial charge is 0.239 e. The molecule has 0 fully saturated rings. The summed E-state index contributed by atoms with van der Waals surface area (Å²) in [6, 6.07) is -0.343. The van der Waals surface area contributed by atoms with Gasteiger partial charge in [-0.15, -0.1) is 0 Å². The predicted molar refractivity (Wildman–Crippen MR) is 68.1 cm³/mol. The van der Waals surface area contributed by atoms with Crippen molar-refractivity contribution in [3.05, 3.63) is 0 Å². The van der Waals surface area contributed by atoms with Gasteiger partial charge in [0, 0.05) is 13.6 Å². The Morgan fingerprint density at radius 2 is 2.00 bits per heavy atom. The molecule has 0 saturated heterocycles. The van der Waals surface area contributed by atoms with Gasteiger partial charge < -0.3 is 10.6 Å². The SMILES string of the molecule is CSCC[C@H](N)C(=O)N(C)CC(C)(C)C. The number of hydrogen-bond acceptors (Lipinski definition) is 3. The van der Waals surface area contributed by atoms with E-state index in [0.717, 1.165) is 18.7 Å². The molecule has 90 valence electrons. The lowest BCUT2D eigenvalue weighted by Crippen LogP contribution is -2.44. The molecule has 0 rings (SSSR count). The van der Waals surface area contributed by atoms with E-state index in [1.807, 2.05) is 13.3 Å². The van der Waals surface area contributed by atoms with Crippen molar-refractivity contribution in [2.45, 2.75) is 33.2 Å². The zero-order valence-corrected chi connectivity index (χ0v) is 11.4. The first-order chi connectivity index (χ1) is 6.78. The van der Waals surface area contributed by atoms with E-state index in [9.17, 15) is 4.79 Å². The van der Waals surface area contributed by atoms with Crippen LogP contribution in [0.3, 0.4) is 0 Å². The highest BCUT2D eigenvalue weighted by atomic mass is 32.2. The minimum absolute atomic E-state index is 0.0546. The fraction of sp³-hybridized carbons (Fsp3) is 0.909. The van der Waals surface area contributed by atoms with E-state index in [1.54, 1.807) is 16.7 Å². The monoisotopic (exact) mass is 232 g/mol. The summed E-state index contributed by atoms with van der Waals surface area (Å²) in [4.78, 5) is 13.6. The van der Waals surface area contributed by atoms with E-state index in [-0.39, 0.29) is 17.4 Å². The summed E-state index contributed by atoms with van der Waals surface area (Å²) >= 11 is 1.72. The maximum absolute atomic E-state index is 11.8. The molecule has 0 aliphatic rings. The summed E-state index contributed by atoms with van der Waals surface area (Å²) in [5.74, 6) is 0.995. The molecule has 0 aromatic rings. The lowest BCUT2D eigenvalue weighted by Gasteiger charge is -2.28. The van der Waals surface area contributed by atoms with E-state index in [4.69, 9.17) is 5.73 Å². The van der Waals surface area contributed by atoms with Gasteiger partial charge in [0.1, 0.15) is 0 Å². The van der Waals surface area contributed by atoms with Crippen LogP contribution in [0.25, 0.3) is 0 Å². The second-order valence-electron chi connectivity index (χ2n) is 5.14. The fourth-order valence-electron chi connectivity index (χ4n) is 1.44. The van der Waals surface area contributed by atoms with Gasteiger partial charge >= 0.3 is 0 Å². The third-order valence-electron chi connectivity index (χ3n) is 2.04. The molecule has 4 heteroatoms. The highest BCUT2D eigenvalue weighted by Gasteiger charge is 2.21. The first-order valence-electron chi connectivity index (χ1n) is 5.27. The van der Waals surface area contributed by atoms with E-state index < -0.39 is 0 Å². The Kier molecular flexibility index (Phi) is 6.29. The van der Waals surface area contributed by atoms with Crippen LogP contribution in [0.4, 0.5) is 0 Å². The van der Waals surface area contributed by atoms with E-state index in [2.05, 4.69) is 20.8 Å². The van der Waals surface area contributed by atoms with Crippen molar-refractivity contribution in [3.63, 3.8) is 0 Å². The molecular formula is C11H24N2OS. The molecular weight excluding hydrogens is 208 g/mol. The Labute approximate surface area is 97.8 Å². The van der Waals surface area contributed by atoms with Crippen molar-refractivity contribution < 1.29 is 4.79 Å². The quantitative estimate of drug-likeness (QED) is 0.782. The summed E-state index contributed by atoms with van der Waals surface area (Å²) in [6.45, 7) is 7.09. The van der Waals surface area contributed by atoms with E-state index in [0.29, 0.717) is 0 Å². The lowest BCUT2D eigenvalue weighted by atomic mass is 9.96. The molecule has 0 aromatic heterocycles. The first-order valence-corrected chi connectivity index (χ1v) is 6.67. The predicted octanol–water partition coefficient (Wildman–Crippen LogP) is 1.57. The number of thioether (sulfide) groups is 1. The number of hydrogen-bond donors (Lipinski definition) is 1. The first kappa shape index (κ1) is 14.8. The largest absolute Gasteiger partial charge is 0.344 e. The molecule has 0 saturated carbocycles. The maximum Gasteiger partial charge on any atom is 0.239 e. The van der Waals surface area contributed by atoms with Crippen molar-refractivity contribution in [3.8, 4) is 0 Å². The molecule has 0 heterocycles. The van der Waals surface area contributed by atoms with E-state index >= 15 is 0 Å². The second kappa shape index (κ2) is 6.38. The molecule has 2 N–H and O–H groups in total. The minimum Gasteiger partial charge on any atom is -0.344 e. The Morgan fingerprint density at radius 3 is 2.40 bits per heavy atom. The summed E-state index contributed by atoms with van der Waals surface area (Å²) in [7, 11) is 1.83. The molecule has 3 nitrogen and oxygen atoms in total. The van der Waals surface area contributed by atoms with Gasteiger partial charge in [-0.1, -0.05) is 20.8 Å². The van der Waals surface area contributed by atoms with Gasteiger partial charge in [-0.2, -0.15) is 11.8 Å². The Hall–Kier alpha value is -0.220. The number of carbonyl (C=O) groups excluding carboxylic acids is 1. The minimum atomic E-state index is -0.343. The van der Waals surface area contributed by atoms with Crippen LogP contribution in [0.15, 0.2) is 0 Å². The number of rotatable bonds is 5. The van der Waals surface area contributed by atoms with Gasteiger partial charge in [-0.05, 0) is 23.8 Å². The highest BCUT2D eigenvalue weighted by molar-refractivity contribution is 7.98. The van der Waals surface area contributed by atoms with Crippen molar-refractivity contribution in [1.29, 1.82) is 0 Å². The summed E-state index contributed by atoms with van der Waals surface area (Å²) < 4.78 is 0. The average Bonchev–Trinajstić information content (AvgIpc) is 2.10. The van der Waals surface area contributed by atoms with Gasteiger partial charge in [0.25, 0.3) is 0 Å². The van der Waals surface area contributed by atoms with Gasteiger partial charge in [0.2, 0.25) is 5.91 Å². The second-order valence-corrected chi connectivity index (χ2v) is 6.13. The van der Waals surface area contributed by atoms with Crippen LogP contribution >= 0.6 is 11.8 Å². The molecule has 1 amide bonds. The summed E-state index contributed by atoms with van der Waals surface area (Å²) in [6.07, 6.45) is 2.78. The van der Waals surface area contributed by atoms with Crippen LogP contribution in [0, 0.1) is 5.41 Å². The van der Waals surface area contributed by atoms with Gasteiger partial charge in [0.15, 0.2) is 0 Å². The zero-order valence-electron chi connectivity index (χ0n) is 10.5. The summed E-state index contributed by atoms with van der Waals surface area (Å²) in [5.41, 5.74) is 5.95. The molecule has 0 spiro atoms. The van der Waals surface area contributed by atoms with Crippen LogP contribution in [0.2, 0.25) is 0 Å². The molecule has 15 heavy (non-hydrogen) atoms. The topological polar surface area (TPSA) is 46.3 Å². The van der Waals surface area contributed by atoms with Crippen LogP contribution < -0.4 is 5.73 Å². The van der Waals surface area contributed by atoms with Crippen LogP contribution in [-0.2, 0) is 4.79 Å². The van der Waals surface area contributed by atoms with Crippen LogP contribution in [0.1, 0.15) is 27.2 Å². The Morgan fingerprint density at radius 1 is 1.47 bits per heavy atom. The number of likely N-dealkylation sites (N-methyl/N-ethyl adjacent to an activating group) is 1. The van der Waals surface area contributed by atoms with Gasteiger partial charge in [-0.25, -0.2) is 0 Å². The van der Waals surface area contributed by atoms with Crippen molar-refractivity contribution in [2.75, 3.05) is 25.6 Å². The zero-order chi connectivity index (χ0) is 12.1. The normalized spacial score (nSPS) is 13.7. The van der Waals surface area contributed by atoms with Gasteiger partial charge in [0.05, 0.1) is 6.04 Å². The third-order valence-corrected chi connectivity index (χ3v) is 2.68. The van der Waals surface area contributed by atoms with E-state index in [1.165, 1.54) is 0 Å². The number of nitrogens with zero attached hydrogens (tertiary/aromatic N) is 1. The molecule has 0 aliphatic carbocycles. The van der Waals surface area contributed by atoms with Gasteiger partial charge in [-0.3, -0.25) is 4.79 Å². The molecule has 0 aromatic carbocycles. The van der Waals surface area contributed by atoms with Crippen LogP contribution in [-0.4, -0.2) is 42.4 Å². The molecule has 0 radical (unpaired) electrons. The maximum atomic E-state index is 11.8.